The van der Waals surface area contributed by atoms with Crippen molar-refractivity contribution in [2.75, 3.05) is 4.90 Å². The smallest absolute Gasteiger partial charge is 0.143 e. The molecule has 0 spiro atoms. The van der Waals surface area contributed by atoms with Gasteiger partial charge in [0.2, 0.25) is 0 Å². The van der Waals surface area contributed by atoms with Gasteiger partial charge in [-0.25, -0.2) is 0 Å². The minimum absolute atomic E-state index is 0.528. The van der Waals surface area contributed by atoms with Crippen molar-refractivity contribution in [2.45, 2.75) is 5.41 Å². The molecule has 13 aromatic rings. The lowest BCUT2D eigenvalue weighted by Gasteiger charge is -2.34. The zero-order valence-corrected chi connectivity index (χ0v) is 40.0. The van der Waals surface area contributed by atoms with E-state index in [2.05, 4.69) is 284 Å². The third-order valence-corrected chi connectivity index (χ3v) is 15.2. The van der Waals surface area contributed by atoms with Crippen LogP contribution in [0.5, 0.6) is 0 Å². The Bertz CT molecular complexity index is 4140. The molecular weight excluding hydrogens is 883 g/mol. The zero-order valence-electron chi connectivity index (χ0n) is 40.0. The van der Waals surface area contributed by atoms with Crippen molar-refractivity contribution < 1.29 is 4.42 Å². The number of anilines is 3. The van der Waals surface area contributed by atoms with Gasteiger partial charge in [0.05, 0.1) is 16.8 Å². The molecule has 0 aliphatic heterocycles. The number of fused-ring (bicyclic) bond motifs is 7. The molecule has 0 N–H and O–H groups in total. The van der Waals surface area contributed by atoms with Crippen molar-refractivity contribution in [1.29, 1.82) is 0 Å². The Morgan fingerprint density at radius 2 is 0.753 bits per heavy atom. The first-order valence-electron chi connectivity index (χ1n) is 25.2. The lowest BCUT2D eigenvalue weighted by molar-refractivity contribution is 0.670. The van der Waals surface area contributed by atoms with Crippen LogP contribution in [0.3, 0.4) is 0 Å². The monoisotopic (exact) mass is 929 g/mol. The second-order valence-corrected chi connectivity index (χ2v) is 19.1. The summed E-state index contributed by atoms with van der Waals surface area (Å²) in [7, 11) is 0. The standard InChI is InChI=1S/C71H47NO/c1-3-22-52(23-4-1)71(53-24-5-2-6-25-53)64-35-13-9-30-63(64)69-60(32-19-36-65(69)71)57-27-10-14-37-66(57)72(67-38-15-11-28-58(67)61-33-18-34-62-59-29-12-16-39-68(59)73-70(61)62)54-46-44-49(45-47-54)48-40-42-51(43-41-48)56-31-17-21-50-20-7-8-26-55(50)56/h1-47H. The quantitative estimate of drug-likeness (QED) is 0.143. The number of rotatable bonds is 9. The highest BCUT2D eigenvalue weighted by Gasteiger charge is 2.47. The fourth-order valence-corrected chi connectivity index (χ4v) is 12.0. The Labute approximate surface area is 425 Å². The molecule has 0 unspecified atom stereocenters. The lowest BCUT2D eigenvalue weighted by atomic mass is 9.67. The molecule has 0 amide bonds. The Hall–Kier alpha value is -9.50. The fourth-order valence-electron chi connectivity index (χ4n) is 12.0. The number of hydrogen-bond acceptors (Lipinski definition) is 2. The van der Waals surface area contributed by atoms with E-state index in [-0.39, 0.29) is 0 Å². The topological polar surface area (TPSA) is 16.4 Å². The largest absolute Gasteiger partial charge is 0.455 e. The second-order valence-electron chi connectivity index (χ2n) is 19.1. The van der Waals surface area contributed by atoms with Gasteiger partial charge in [-0.2, -0.15) is 0 Å². The van der Waals surface area contributed by atoms with Crippen LogP contribution in [0.4, 0.5) is 17.1 Å². The first kappa shape index (κ1) is 42.4. The highest BCUT2D eigenvalue weighted by molar-refractivity contribution is 6.11. The highest BCUT2D eigenvalue weighted by Crippen LogP contribution is 2.59. The summed E-state index contributed by atoms with van der Waals surface area (Å²) >= 11 is 0. The van der Waals surface area contributed by atoms with E-state index in [1.807, 2.05) is 6.07 Å². The van der Waals surface area contributed by atoms with E-state index < -0.39 is 5.41 Å². The SMILES string of the molecule is c1ccc(C2(c3ccccc3)c3ccccc3-c3c(-c4ccccc4N(c4ccc(-c5ccc(-c6cccc7ccccc67)cc5)cc4)c4ccccc4-c4cccc5c4oc4ccccc45)cccc32)cc1. The van der Waals surface area contributed by atoms with E-state index in [1.165, 1.54) is 66.4 Å². The van der Waals surface area contributed by atoms with Crippen molar-refractivity contribution in [2.24, 2.45) is 0 Å². The van der Waals surface area contributed by atoms with Gasteiger partial charge < -0.3 is 9.32 Å². The molecule has 0 saturated carbocycles. The molecule has 1 aliphatic carbocycles. The summed E-state index contributed by atoms with van der Waals surface area (Å²) in [6.45, 7) is 0. The highest BCUT2D eigenvalue weighted by atomic mass is 16.3. The molecule has 12 aromatic carbocycles. The van der Waals surface area contributed by atoms with Gasteiger partial charge in [0, 0.05) is 33.2 Å². The molecule has 0 radical (unpaired) electrons. The van der Waals surface area contributed by atoms with Crippen LogP contribution < -0.4 is 4.90 Å². The van der Waals surface area contributed by atoms with Crippen molar-refractivity contribution in [3.63, 3.8) is 0 Å². The summed E-state index contributed by atoms with van der Waals surface area (Å²) in [5, 5.41) is 4.72. The van der Waals surface area contributed by atoms with Crippen LogP contribution in [0.2, 0.25) is 0 Å². The Morgan fingerprint density at radius 1 is 0.288 bits per heavy atom. The van der Waals surface area contributed by atoms with E-state index >= 15 is 0 Å². The molecule has 0 atom stereocenters. The third-order valence-electron chi connectivity index (χ3n) is 15.2. The number of para-hydroxylation sites is 4. The van der Waals surface area contributed by atoms with Gasteiger partial charge in [-0.1, -0.05) is 255 Å². The summed E-state index contributed by atoms with van der Waals surface area (Å²) in [5.74, 6) is 0. The van der Waals surface area contributed by atoms with Crippen LogP contribution in [-0.4, -0.2) is 0 Å². The average Bonchev–Trinajstić information content (AvgIpc) is 4.01. The lowest BCUT2D eigenvalue weighted by Crippen LogP contribution is -2.28. The Kier molecular flexibility index (Phi) is 10.1. The van der Waals surface area contributed by atoms with E-state index in [0.29, 0.717) is 0 Å². The summed E-state index contributed by atoms with van der Waals surface area (Å²) < 4.78 is 6.76. The summed E-state index contributed by atoms with van der Waals surface area (Å²) in [4.78, 5) is 2.46. The van der Waals surface area contributed by atoms with Gasteiger partial charge >= 0.3 is 0 Å². The second kappa shape index (κ2) is 17.4. The Balaban J connectivity index is 0.966. The van der Waals surface area contributed by atoms with Crippen LogP contribution in [0.15, 0.2) is 290 Å². The molecule has 1 heterocycles. The maximum Gasteiger partial charge on any atom is 0.143 e. The minimum Gasteiger partial charge on any atom is -0.455 e. The molecule has 2 heteroatoms. The fraction of sp³-hybridized carbons (Fsp3) is 0.0141. The van der Waals surface area contributed by atoms with Crippen LogP contribution in [0, 0.1) is 0 Å². The van der Waals surface area contributed by atoms with E-state index in [9.17, 15) is 0 Å². The van der Waals surface area contributed by atoms with Gasteiger partial charge in [0.25, 0.3) is 0 Å². The maximum atomic E-state index is 6.76. The summed E-state index contributed by atoms with van der Waals surface area (Å²) in [5.41, 5.74) is 21.1. The minimum atomic E-state index is -0.528. The maximum absolute atomic E-state index is 6.76. The van der Waals surface area contributed by atoms with Gasteiger partial charge in [-0.15, -0.1) is 0 Å². The van der Waals surface area contributed by atoms with E-state index in [0.717, 1.165) is 61.3 Å². The van der Waals surface area contributed by atoms with Gasteiger partial charge in [-0.3, -0.25) is 0 Å². The van der Waals surface area contributed by atoms with Crippen molar-refractivity contribution in [1.82, 2.24) is 0 Å². The number of benzene rings is 12. The molecule has 1 aliphatic rings. The molecule has 0 fully saturated rings. The molecule has 342 valence electrons. The molecule has 1 aromatic heterocycles. The van der Waals surface area contributed by atoms with Crippen molar-refractivity contribution in [3.05, 3.63) is 307 Å². The van der Waals surface area contributed by atoms with Crippen LogP contribution >= 0.6 is 0 Å². The van der Waals surface area contributed by atoms with Crippen LogP contribution in [0.1, 0.15) is 22.3 Å². The predicted molar refractivity (Wildman–Crippen MR) is 305 cm³/mol. The van der Waals surface area contributed by atoms with Crippen LogP contribution in [-0.2, 0) is 5.41 Å². The Morgan fingerprint density at radius 3 is 1.48 bits per heavy atom. The first-order chi connectivity index (χ1) is 36.2. The summed E-state index contributed by atoms with van der Waals surface area (Å²) in [6.07, 6.45) is 0. The van der Waals surface area contributed by atoms with Gasteiger partial charge in [0.15, 0.2) is 0 Å². The van der Waals surface area contributed by atoms with Gasteiger partial charge in [0.1, 0.15) is 11.2 Å². The number of hydrogen-bond donors (Lipinski definition) is 0. The van der Waals surface area contributed by atoms with E-state index in [4.69, 9.17) is 4.42 Å². The van der Waals surface area contributed by atoms with Gasteiger partial charge in [-0.05, 0) is 102 Å². The predicted octanol–water partition coefficient (Wildman–Crippen LogP) is 19.2. The number of furan rings is 1. The van der Waals surface area contributed by atoms with Crippen LogP contribution in [0.25, 0.3) is 88.3 Å². The number of nitrogens with zero attached hydrogens (tertiary/aromatic N) is 1. The third kappa shape index (κ3) is 6.79. The first-order valence-corrected chi connectivity index (χ1v) is 25.2. The molecule has 0 saturated heterocycles. The molecule has 14 rings (SSSR count). The molecule has 73 heavy (non-hydrogen) atoms. The average molecular weight is 930 g/mol. The van der Waals surface area contributed by atoms with Crippen molar-refractivity contribution >= 4 is 49.8 Å². The molecule has 0 bridgehead atoms. The molecular formula is C71H47NO. The zero-order chi connectivity index (χ0) is 48.3. The molecule has 2 nitrogen and oxygen atoms in total. The normalized spacial score (nSPS) is 12.5. The summed E-state index contributed by atoms with van der Waals surface area (Å²) in [6, 6.07) is 104. The van der Waals surface area contributed by atoms with E-state index in [1.54, 1.807) is 0 Å². The van der Waals surface area contributed by atoms with Crippen molar-refractivity contribution in [3.8, 4) is 55.6 Å².